The van der Waals surface area contributed by atoms with E-state index in [9.17, 15) is 22.8 Å². The molecule has 0 aliphatic carbocycles. The highest BCUT2D eigenvalue weighted by Gasteiger charge is 2.41. The highest BCUT2D eigenvalue weighted by Crippen LogP contribution is 2.34. The van der Waals surface area contributed by atoms with Gasteiger partial charge in [0.05, 0.1) is 32.1 Å². The number of carbonyl (C=O) groups excluding carboxylic acids is 2. The van der Waals surface area contributed by atoms with Crippen molar-refractivity contribution in [3.8, 4) is 17.2 Å². The number of nitrogens with one attached hydrogen (secondary N) is 1. The lowest BCUT2D eigenvalue weighted by Gasteiger charge is -2.17. The molecule has 12 heteroatoms. The zero-order valence-electron chi connectivity index (χ0n) is 23.9. The molecule has 1 atom stereocenters. The van der Waals surface area contributed by atoms with E-state index in [0.717, 1.165) is 40.8 Å². The van der Waals surface area contributed by atoms with Gasteiger partial charge < -0.3 is 19.5 Å². The van der Waals surface area contributed by atoms with Gasteiger partial charge in [-0.2, -0.15) is 13.2 Å². The van der Waals surface area contributed by atoms with Gasteiger partial charge in [0.25, 0.3) is 0 Å². The number of benzene rings is 3. The van der Waals surface area contributed by atoms with Crippen molar-refractivity contribution in [3.63, 3.8) is 0 Å². The molecule has 0 aromatic heterocycles. The van der Waals surface area contributed by atoms with Gasteiger partial charge in [-0.1, -0.05) is 30.8 Å². The first-order valence-corrected chi connectivity index (χ1v) is 14.5. The SMILES string of the molecule is CCCOc1ccc(N2C(=O)CC(SC(=NCCc3ccc(OC)c(OC)c3)Nc3cccc(C(F)(F)F)c3)C2=O)cc1. The molecule has 1 aliphatic heterocycles. The summed E-state index contributed by atoms with van der Waals surface area (Å²) < 4.78 is 56.2. The van der Waals surface area contributed by atoms with Crippen LogP contribution < -0.4 is 24.4 Å². The molecule has 3 aromatic carbocycles. The number of halogens is 3. The summed E-state index contributed by atoms with van der Waals surface area (Å²) in [5, 5.41) is 2.33. The number of imide groups is 1. The predicted molar refractivity (Wildman–Crippen MR) is 161 cm³/mol. The molecule has 0 radical (unpaired) electrons. The summed E-state index contributed by atoms with van der Waals surface area (Å²) in [6, 6.07) is 16.9. The summed E-state index contributed by atoms with van der Waals surface area (Å²) in [7, 11) is 3.07. The Morgan fingerprint density at radius 2 is 1.77 bits per heavy atom. The fourth-order valence-corrected chi connectivity index (χ4v) is 5.38. The third-order valence-electron chi connectivity index (χ3n) is 6.47. The molecular weight excluding hydrogens is 583 g/mol. The number of rotatable bonds is 11. The van der Waals surface area contributed by atoms with Crippen LogP contribution in [0.25, 0.3) is 0 Å². The Hall–Kier alpha value is -4.19. The first-order valence-electron chi connectivity index (χ1n) is 13.6. The van der Waals surface area contributed by atoms with Crippen LogP contribution in [0.1, 0.15) is 30.9 Å². The van der Waals surface area contributed by atoms with Gasteiger partial charge >= 0.3 is 6.18 Å². The minimum absolute atomic E-state index is 0.0868. The Morgan fingerprint density at radius 3 is 2.44 bits per heavy atom. The summed E-state index contributed by atoms with van der Waals surface area (Å²) in [5.41, 5.74) is 0.648. The van der Waals surface area contributed by atoms with E-state index in [0.29, 0.717) is 36.0 Å². The van der Waals surface area contributed by atoms with Gasteiger partial charge in [0.1, 0.15) is 11.0 Å². The molecule has 3 aromatic rings. The summed E-state index contributed by atoms with van der Waals surface area (Å²) in [5.74, 6) is 0.948. The standard InChI is InChI=1S/C31H32F3N3O5S/c1-4-16-42-24-11-9-23(10-12-24)37-28(38)19-27(29(37)39)43-30(36-22-7-5-6-21(18-22)31(32,33)34)35-15-14-20-8-13-25(40-2)26(17-20)41-3/h5-13,17-18,27H,4,14-16,19H2,1-3H3,(H,35,36). The fraction of sp³-hybridized carbons (Fsp3) is 0.323. The molecular formula is C31H32F3N3O5S. The second-order valence-electron chi connectivity index (χ2n) is 9.55. The molecule has 228 valence electrons. The second kappa shape index (κ2) is 14.3. The number of carbonyl (C=O) groups is 2. The van der Waals surface area contributed by atoms with Crippen LogP contribution in [0.4, 0.5) is 24.5 Å². The van der Waals surface area contributed by atoms with Crippen LogP contribution in [0.2, 0.25) is 0 Å². The number of hydrogen-bond acceptors (Lipinski definition) is 7. The lowest BCUT2D eigenvalue weighted by Crippen LogP contribution is -2.31. The number of amidine groups is 1. The van der Waals surface area contributed by atoms with Crippen LogP contribution in [-0.2, 0) is 22.2 Å². The molecule has 1 fully saturated rings. The number of anilines is 2. The van der Waals surface area contributed by atoms with E-state index < -0.39 is 22.9 Å². The van der Waals surface area contributed by atoms with E-state index in [1.807, 2.05) is 19.1 Å². The first kappa shape index (κ1) is 31.7. The third-order valence-corrected chi connectivity index (χ3v) is 7.58. The molecule has 0 bridgehead atoms. The Kier molecular flexibility index (Phi) is 10.6. The van der Waals surface area contributed by atoms with E-state index >= 15 is 0 Å². The van der Waals surface area contributed by atoms with Crippen molar-refractivity contribution in [3.05, 3.63) is 77.9 Å². The largest absolute Gasteiger partial charge is 0.494 e. The van der Waals surface area contributed by atoms with E-state index in [2.05, 4.69) is 10.3 Å². The van der Waals surface area contributed by atoms with Gasteiger partial charge in [-0.25, -0.2) is 4.90 Å². The van der Waals surface area contributed by atoms with Crippen LogP contribution >= 0.6 is 11.8 Å². The summed E-state index contributed by atoms with van der Waals surface area (Å²) in [6.07, 6.45) is -3.29. The maximum absolute atomic E-state index is 13.4. The highest BCUT2D eigenvalue weighted by molar-refractivity contribution is 8.15. The number of aliphatic imine (C=N–C) groups is 1. The van der Waals surface area contributed by atoms with Gasteiger partial charge in [0.2, 0.25) is 11.8 Å². The molecule has 0 spiro atoms. The number of nitrogens with zero attached hydrogens (tertiary/aromatic N) is 2. The van der Waals surface area contributed by atoms with Gasteiger partial charge in [0.15, 0.2) is 16.7 Å². The Morgan fingerprint density at radius 1 is 1.02 bits per heavy atom. The zero-order valence-corrected chi connectivity index (χ0v) is 24.8. The average molecular weight is 616 g/mol. The van der Waals surface area contributed by atoms with Gasteiger partial charge in [-0.15, -0.1) is 0 Å². The number of hydrogen-bond donors (Lipinski definition) is 1. The molecule has 1 heterocycles. The average Bonchev–Trinajstić information content (AvgIpc) is 3.27. The minimum Gasteiger partial charge on any atom is -0.494 e. The zero-order chi connectivity index (χ0) is 31.0. The number of ether oxygens (including phenoxy) is 3. The predicted octanol–water partition coefficient (Wildman–Crippen LogP) is 6.59. The van der Waals surface area contributed by atoms with Crippen molar-refractivity contribution < 1.29 is 37.0 Å². The van der Waals surface area contributed by atoms with Crippen LogP contribution in [0.15, 0.2) is 71.7 Å². The van der Waals surface area contributed by atoms with Gasteiger partial charge in [0, 0.05) is 18.7 Å². The van der Waals surface area contributed by atoms with E-state index in [4.69, 9.17) is 14.2 Å². The molecule has 0 saturated carbocycles. The van der Waals surface area contributed by atoms with Crippen molar-refractivity contribution in [2.75, 3.05) is 37.6 Å². The molecule has 8 nitrogen and oxygen atoms in total. The topological polar surface area (TPSA) is 89.5 Å². The maximum Gasteiger partial charge on any atom is 0.416 e. The molecule has 1 aliphatic rings. The Balaban J connectivity index is 1.53. The maximum atomic E-state index is 13.4. The van der Waals surface area contributed by atoms with E-state index in [-0.39, 0.29) is 29.7 Å². The summed E-state index contributed by atoms with van der Waals surface area (Å²) in [4.78, 5) is 32.0. The van der Waals surface area contributed by atoms with Crippen molar-refractivity contribution >= 4 is 40.1 Å². The first-order chi connectivity index (χ1) is 20.6. The number of thioether (sulfide) groups is 1. The Bertz CT molecular complexity index is 1460. The smallest absolute Gasteiger partial charge is 0.416 e. The number of methoxy groups -OCH3 is 2. The third kappa shape index (κ3) is 8.22. The quantitative estimate of drug-likeness (QED) is 0.148. The van der Waals surface area contributed by atoms with Gasteiger partial charge in [-0.3, -0.25) is 14.6 Å². The van der Waals surface area contributed by atoms with Crippen LogP contribution in [0, 0.1) is 0 Å². The lowest BCUT2D eigenvalue weighted by atomic mass is 10.1. The van der Waals surface area contributed by atoms with Gasteiger partial charge in [-0.05, 0) is 73.0 Å². The van der Waals surface area contributed by atoms with Crippen LogP contribution in [-0.4, -0.2) is 49.6 Å². The van der Waals surface area contributed by atoms with Crippen LogP contribution in [0.3, 0.4) is 0 Å². The molecule has 1 unspecified atom stereocenters. The number of alkyl halides is 3. The molecule has 2 amide bonds. The molecule has 1 N–H and O–H groups in total. The lowest BCUT2D eigenvalue weighted by molar-refractivity contribution is -0.137. The van der Waals surface area contributed by atoms with E-state index in [1.54, 1.807) is 30.3 Å². The fourth-order valence-electron chi connectivity index (χ4n) is 4.34. The van der Waals surface area contributed by atoms with E-state index in [1.165, 1.54) is 26.4 Å². The monoisotopic (exact) mass is 615 g/mol. The molecule has 43 heavy (non-hydrogen) atoms. The highest BCUT2D eigenvalue weighted by atomic mass is 32.2. The van der Waals surface area contributed by atoms with Crippen LogP contribution in [0.5, 0.6) is 17.2 Å². The number of amides is 2. The Labute approximate surface area is 252 Å². The normalized spacial score (nSPS) is 15.5. The van der Waals surface area contributed by atoms with Crippen molar-refractivity contribution in [2.24, 2.45) is 4.99 Å². The summed E-state index contributed by atoms with van der Waals surface area (Å²) >= 11 is 1.01. The minimum atomic E-state index is -4.53. The molecule has 4 rings (SSSR count). The van der Waals surface area contributed by atoms with Crippen molar-refractivity contribution in [1.82, 2.24) is 0 Å². The van der Waals surface area contributed by atoms with Crippen molar-refractivity contribution in [1.29, 1.82) is 0 Å². The second-order valence-corrected chi connectivity index (χ2v) is 10.7. The van der Waals surface area contributed by atoms with Crippen molar-refractivity contribution in [2.45, 2.75) is 37.6 Å². The molecule has 1 saturated heterocycles. The summed E-state index contributed by atoms with van der Waals surface area (Å²) in [6.45, 7) is 2.79.